The lowest BCUT2D eigenvalue weighted by molar-refractivity contribution is -0.142. The summed E-state index contributed by atoms with van der Waals surface area (Å²) in [4.78, 5) is 13.5. The van der Waals surface area contributed by atoms with Crippen LogP contribution in [0, 0.1) is 0 Å². The number of nitrogens with one attached hydrogen (secondary N) is 2. The van der Waals surface area contributed by atoms with Crippen molar-refractivity contribution < 1.29 is 22.7 Å². The van der Waals surface area contributed by atoms with Gasteiger partial charge in [-0.15, -0.1) is 4.83 Å². The van der Waals surface area contributed by atoms with Crippen LogP contribution in [0.2, 0.25) is 0 Å². The summed E-state index contributed by atoms with van der Waals surface area (Å²) in [6.07, 6.45) is -0.139. The van der Waals surface area contributed by atoms with Crippen molar-refractivity contribution in [1.82, 2.24) is 10.3 Å². The number of hydrogen-bond donors (Lipinski definition) is 2. The number of hydrogen-bond acceptors (Lipinski definition) is 6. The van der Waals surface area contributed by atoms with Crippen molar-refractivity contribution in [2.45, 2.75) is 18.2 Å². The van der Waals surface area contributed by atoms with Crippen molar-refractivity contribution >= 4 is 16.0 Å². The molecule has 0 bridgehead atoms. The van der Waals surface area contributed by atoms with E-state index in [1.54, 1.807) is 31.2 Å². The average Bonchev–Trinajstić information content (AvgIpc) is 2.62. The van der Waals surface area contributed by atoms with Crippen LogP contribution in [0.15, 0.2) is 71.8 Å². The van der Waals surface area contributed by atoms with Gasteiger partial charge in [0, 0.05) is 5.70 Å². The molecule has 0 aliphatic rings. The van der Waals surface area contributed by atoms with Gasteiger partial charge in [-0.1, -0.05) is 24.8 Å². The summed E-state index contributed by atoms with van der Waals surface area (Å²) in [6.45, 7) is 5.50. The molecule has 0 unspecified atom stereocenters. The molecule has 0 heterocycles. The third-order valence-electron chi connectivity index (χ3n) is 3.14. The summed E-state index contributed by atoms with van der Waals surface area (Å²) in [5, 5.41) is 0. The molecule has 7 nitrogen and oxygen atoms in total. The number of rotatable bonds is 9. The molecule has 0 spiro atoms. The van der Waals surface area contributed by atoms with Gasteiger partial charge in [0.05, 0.1) is 17.9 Å². The molecule has 2 N–H and O–H groups in total. The number of carbonyl (C=O) groups is 1. The van der Waals surface area contributed by atoms with Crippen LogP contribution in [-0.4, -0.2) is 21.0 Å². The predicted molar refractivity (Wildman–Crippen MR) is 96.8 cm³/mol. The molecule has 2 aromatic rings. The van der Waals surface area contributed by atoms with Gasteiger partial charge < -0.3 is 14.9 Å². The van der Waals surface area contributed by atoms with E-state index in [0.717, 1.165) is 0 Å². The van der Waals surface area contributed by atoms with E-state index in [1.165, 1.54) is 12.1 Å². The number of ether oxygens (including phenoxy) is 2. The van der Waals surface area contributed by atoms with Crippen LogP contribution in [-0.2, 0) is 19.6 Å². The Labute approximate surface area is 152 Å². The minimum atomic E-state index is -3.82. The molecule has 26 heavy (non-hydrogen) atoms. The summed E-state index contributed by atoms with van der Waals surface area (Å²) in [7, 11) is -3.82. The molecule has 0 amide bonds. The summed E-state index contributed by atoms with van der Waals surface area (Å²) in [5.41, 5.74) is 2.58. The first kappa shape index (κ1) is 19.5. The quantitative estimate of drug-likeness (QED) is 0.516. The lowest BCUT2D eigenvalue weighted by atomic mass is 10.3. The van der Waals surface area contributed by atoms with E-state index in [2.05, 4.69) is 16.8 Å². The Bertz CT molecular complexity index is 849. The summed E-state index contributed by atoms with van der Waals surface area (Å²) >= 11 is 0. The second-order valence-corrected chi connectivity index (χ2v) is 6.88. The molecule has 0 aliphatic carbocycles. The minimum absolute atomic E-state index is 0.0364. The van der Waals surface area contributed by atoms with Crippen molar-refractivity contribution in [2.24, 2.45) is 0 Å². The van der Waals surface area contributed by atoms with Crippen molar-refractivity contribution in [3.63, 3.8) is 0 Å². The highest BCUT2D eigenvalue weighted by Gasteiger charge is 2.15. The smallest absolute Gasteiger partial charge is 0.311 e. The van der Waals surface area contributed by atoms with Crippen LogP contribution in [0.4, 0.5) is 0 Å². The Morgan fingerprint density at radius 3 is 2.27 bits per heavy atom. The normalized spacial score (nSPS) is 10.8. The molecule has 2 aromatic carbocycles. The van der Waals surface area contributed by atoms with Gasteiger partial charge in [-0.05, 0) is 43.3 Å². The molecule has 0 saturated carbocycles. The Morgan fingerprint density at radius 2 is 1.65 bits per heavy atom. The van der Waals surface area contributed by atoms with Gasteiger partial charge in [0.1, 0.15) is 11.5 Å². The highest BCUT2D eigenvalue weighted by atomic mass is 32.2. The van der Waals surface area contributed by atoms with Crippen molar-refractivity contribution in [3.05, 3.63) is 66.9 Å². The first-order valence-electron chi connectivity index (χ1n) is 7.85. The Morgan fingerprint density at radius 1 is 1.04 bits per heavy atom. The van der Waals surface area contributed by atoms with Gasteiger partial charge >= 0.3 is 5.97 Å². The van der Waals surface area contributed by atoms with Crippen LogP contribution in [0.5, 0.6) is 11.5 Å². The Balaban J connectivity index is 1.94. The van der Waals surface area contributed by atoms with Gasteiger partial charge in [0.2, 0.25) is 0 Å². The van der Waals surface area contributed by atoms with E-state index >= 15 is 0 Å². The van der Waals surface area contributed by atoms with E-state index < -0.39 is 16.0 Å². The molecular formula is C18H20N2O5S. The zero-order chi connectivity index (χ0) is 19.0. The Hall–Kier alpha value is -2.84. The number of hydrazine groups is 1. The fourth-order valence-electron chi connectivity index (χ4n) is 1.94. The van der Waals surface area contributed by atoms with E-state index in [0.29, 0.717) is 11.5 Å². The molecule has 0 aromatic heterocycles. The van der Waals surface area contributed by atoms with Gasteiger partial charge in [0.15, 0.2) is 0 Å². The Kier molecular flexibility index (Phi) is 6.76. The molecular weight excluding hydrogens is 356 g/mol. The molecule has 0 atom stereocenters. The zero-order valence-electron chi connectivity index (χ0n) is 14.3. The first-order valence-corrected chi connectivity index (χ1v) is 9.33. The fraction of sp³-hybridized carbons (Fsp3) is 0.167. The number of sulfonamides is 1. The fourth-order valence-corrected chi connectivity index (χ4v) is 2.83. The van der Waals surface area contributed by atoms with Crippen LogP contribution in [0.3, 0.4) is 0 Å². The molecule has 0 fully saturated rings. The van der Waals surface area contributed by atoms with Crippen molar-refractivity contribution in [1.29, 1.82) is 0 Å². The second-order valence-electron chi connectivity index (χ2n) is 5.20. The molecule has 8 heteroatoms. The summed E-state index contributed by atoms with van der Waals surface area (Å²) in [5.74, 6) is 0.666. The predicted octanol–water partition coefficient (Wildman–Crippen LogP) is 2.73. The van der Waals surface area contributed by atoms with E-state index in [-0.39, 0.29) is 23.6 Å². The van der Waals surface area contributed by atoms with Crippen molar-refractivity contribution in [3.8, 4) is 11.5 Å². The average molecular weight is 376 g/mol. The van der Waals surface area contributed by atoms with Gasteiger partial charge in [-0.2, -0.15) is 0 Å². The SMILES string of the molecule is C=C(CC(=O)OCC)NNS(=O)(=O)c1ccc(Oc2ccccc2)cc1. The third kappa shape index (κ3) is 5.91. The molecule has 0 saturated heterocycles. The lowest BCUT2D eigenvalue weighted by Gasteiger charge is -2.12. The third-order valence-corrected chi connectivity index (χ3v) is 4.40. The largest absolute Gasteiger partial charge is 0.466 e. The monoisotopic (exact) mass is 376 g/mol. The number of benzene rings is 2. The molecule has 0 aliphatic heterocycles. The van der Waals surface area contributed by atoms with Gasteiger partial charge in [-0.25, -0.2) is 8.42 Å². The highest BCUT2D eigenvalue weighted by molar-refractivity contribution is 7.89. The van der Waals surface area contributed by atoms with Crippen LogP contribution in [0.25, 0.3) is 0 Å². The van der Waals surface area contributed by atoms with Crippen LogP contribution < -0.4 is 15.0 Å². The van der Waals surface area contributed by atoms with E-state index in [1.807, 2.05) is 18.2 Å². The first-order chi connectivity index (χ1) is 12.4. The summed E-state index contributed by atoms with van der Waals surface area (Å²) < 4.78 is 34.9. The number of carbonyl (C=O) groups excluding carboxylic acids is 1. The molecule has 2 rings (SSSR count). The second kappa shape index (κ2) is 9.02. The van der Waals surface area contributed by atoms with Gasteiger partial charge in [-0.3, -0.25) is 4.79 Å². The van der Waals surface area contributed by atoms with E-state index in [4.69, 9.17) is 9.47 Å². The van der Waals surface area contributed by atoms with Crippen LogP contribution in [0.1, 0.15) is 13.3 Å². The number of para-hydroxylation sites is 1. The molecule has 138 valence electrons. The van der Waals surface area contributed by atoms with Crippen molar-refractivity contribution in [2.75, 3.05) is 6.61 Å². The maximum atomic E-state index is 12.2. The maximum absolute atomic E-state index is 12.2. The zero-order valence-corrected chi connectivity index (χ0v) is 15.1. The van der Waals surface area contributed by atoms with Crippen LogP contribution >= 0.6 is 0 Å². The van der Waals surface area contributed by atoms with Gasteiger partial charge in [0.25, 0.3) is 10.0 Å². The minimum Gasteiger partial charge on any atom is -0.466 e. The topological polar surface area (TPSA) is 93.7 Å². The highest BCUT2D eigenvalue weighted by Crippen LogP contribution is 2.22. The lowest BCUT2D eigenvalue weighted by Crippen LogP contribution is -2.37. The number of esters is 1. The molecule has 0 radical (unpaired) electrons. The standard InChI is InChI=1S/C18H20N2O5S/c1-3-24-18(21)13-14(2)19-20-26(22,23)17-11-9-16(10-12-17)25-15-7-5-4-6-8-15/h4-12,19-20H,2-3,13H2,1H3. The van der Waals surface area contributed by atoms with E-state index in [9.17, 15) is 13.2 Å². The summed E-state index contributed by atoms with van der Waals surface area (Å²) in [6, 6.07) is 15.1. The maximum Gasteiger partial charge on any atom is 0.311 e.